The van der Waals surface area contributed by atoms with Crippen LogP contribution in [0.2, 0.25) is 0 Å². The fraction of sp³-hybridized carbons (Fsp3) is 0.833. The van der Waals surface area contributed by atoms with E-state index in [0.717, 1.165) is 32.2 Å². The largest absolute Gasteiger partial charge is 0.444 e. The number of carbonyl (C=O) groups excluding carboxylic acids is 2. The summed E-state index contributed by atoms with van der Waals surface area (Å²) < 4.78 is 37.6. The number of amides is 2. The van der Waals surface area contributed by atoms with E-state index in [2.05, 4.69) is 10.6 Å². The molecule has 2 amide bonds. The number of ether oxygens (including phenoxy) is 2. The Kier molecular flexibility index (Phi) is 8.06. The Hall–Kier alpha value is -1.92. The van der Waals surface area contributed by atoms with E-state index >= 15 is 0 Å². The smallest absolute Gasteiger partial charge is 0.413 e. The van der Waals surface area contributed by atoms with E-state index in [1.807, 2.05) is 0 Å². The maximum absolute atomic E-state index is 12.5. The molecule has 0 aliphatic carbocycles. The molecule has 0 aromatic heterocycles. The van der Waals surface area contributed by atoms with Crippen LogP contribution in [0.1, 0.15) is 40.0 Å². The van der Waals surface area contributed by atoms with Crippen LogP contribution in [0.5, 0.6) is 0 Å². The summed E-state index contributed by atoms with van der Waals surface area (Å²) in [6.45, 7) is 6.60. The number of cyclic esters (lactones) is 1. The van der Waals surface area contributed by atoms with Crippen molar-refractivity contribution in [3.63, 3.8) is 0 Å². The molecule has 2 fully saturated rings. The van der Waals surface area contributed by atoms with Gasteiger partial charge in [-0.15, -0.1) is 0 Å². The molecule has 0 radical (unpaired) electrons. The van der Waals surface area contributed by atoms with Crippen molar-refractivity contribution in [3.8, 4) is 0 Å². The summed E-state index contributed by atoms with van der Waals surface area (Å²) in [4.78, 5) is 25.9. The van der Waals surface area contributed by atoms with Gasteiger partial charge in [0.2, 0.25) is 0 Å². The molecule has 3 N–H and O–H groups in total. The van der Waals surface area contributed by atoms with Gasteiger partial charge in [0.15, 0.2) is 0 Å². The molecule has 2 saturated heterocycles. The van der Waals surface area contributed by atoms with Gasteiger partial charge in [0.05, 0.1) is 18.8 Å². The maximum atomic E-state index is 12.5. The first kappa shape index (κ1) is 24.4. The van der Waals surface area contributed by atoms with Gasteiger partial charge in [-0.25, -0.2) is 9.59 Å². The van der Waals surface area contributed by atoms with Crippen LogP contribution in [0.15, 0.2) is 0 Å². The van der Waals surface area contributed by atoms with E-state index in [1.54, 1.807) is 20.8 Å². The van der Waals surface area contributed by atoms with E-state index in [-0.39, 0.29) is 24.9 Å². The Morgan fingerprint density at radius 3 is 2.57 bits per heavy atom. The number of alkyl carbamates (subject to hydrolysis) is 1. The highest BCUT2D eigenvalue weighted by molar-refractivity contribution is 7.85. The predicted octanol–water partition coefficient (Wildman–Crippen LogP) is 1.04. The first-order valence-electron chi connectivity index (χ1n) is 9.95. The molecule has 0 spiro atoms. The van der Waals surface area contributed by atoms with Gasteiger partial charge in [0.25, 0.3) is 10.1 Å². The van der Waals surface area contributed by atoms with Gasteiger partial charge in [-0.05, 0) is 59.0 Å². The van der Waals surface area contributed by atoms with Crippen LogP contribution < -0.4 is 10.6 Å². The lowest BCUT2D eigenvalue weighted by molar-refractivity contribution is 0.0557. The summed E-state index contributed by atoms with van der Waals surface area (Å²) in [5.41, 5.74) is -0.727. The van der Waals surface area contributed by atoms with Crippen molar-refractivity contribution >= 4 is 28.1 Å². The van der Waals surface area contributed by atoms with Crippen molar-refractivity contribution in [3.05, 3.63) is 0 Å². The normalized spacial score (nSPS) is 21.8. The van der Waals surface area contributed by atoms with Crippen LogP contribution in [0.25, 0.3) is 0 Å². The van der Waals surface area contributed by atoms with Crippen molar-refractivity contribution in [2.75, 3.05) is 32.5 Å². The molecule has 2 heterocycles. The van der Waals surface area contributed by atoms with Crippen molar-refractivity contribution < 1.29 is 31.7 Å². The second kappa shape index (κ2) is 9.92. The van der Waals surface area contributed by atoms with E-state index in [1.165, 1.54) is 4.90 Å². The quantitative estimate of drug-likeness (QED) is 0.297. The number of hydrogen-bond donors (Lipinski definition) is 3. The lowest BCUT2D eigenvalue weighted by Crippen LogP contribution is -2.51. The lowest BCUT2D eigenvalue weighted by Gasteiger charge is -2.32. The molecule has 0 aromatic rings. The van der Waals surface area contributed by atoms with Crippen molar-refractivity contribution in [2.24, 2.45) is 5.92 Å². The fourth-order valence-electron chi connectivity index (χ4n) is 3.41. The van der Waals surface area contributed by atoms with Crippen molar-refractivity contribution in [2.45, 2.75) is 57.8 Å². The van der Waals surface area contributed by atoms with Crippen LogP contribution in [0.3, 0.4) is 0 Å². The Morgan fingerprint density at radius 2 is 2.00 bits per heavy atom. The van der Waals surface area contributed by atoms with Gasteiger partial charge in [0.1, 0.15) is 24.1 Å². The third kappa shape index (κ3) is 8.07. The predicted molar refractivity (Wildman–Crippen MR) is 109 cm³/mol. The lowest BCUT2D eigenvalue weighted by atomic mass is 9.90. The molecule has 0 bridgehead atoms. The summed E-state index contributed by atoms with van der Waals surface area (Å²) >= 11 is 0. The number of amidine groups is 1. The molecule has 172 valence electrons. The monoisotopic (exact) mass is 448 g/mol. The number of piperidine rings is 1. The SMILES string of the molecule is CC(C)(C)OC(=O)NC(=N)C(CC1CCNCC1)N1CC(COS(C)(=O)=O)OC1=O. The molecule has 2 atom stereocenters. The minimum absolute atomic E-state index is 0.0579. The third-order valence-electron chi connectivity index (χ3n) is 4.73. The Bertz CT molecular complexity index is 744. The number of rotatable bonds is 7. The molecule has 2 aliphatic heterocycles. The van der Waals surface area contributed by atoms with E-state index < -0.39 is 40.1 Å². The average molecular weight is 449 g/mol. The number of hydrogen-bond acceptors (Lipinski definition) is 9. The number of nitrogens with one attached hydrogen (secondary N) is 3. The van der Waals surface area contributed by atoms with Gasteiger partial charge < -0.3 is 14.8 Å². The zero-order valence-corrected chi connectivity index (χ0v) is 18.7. The fourth-order valence-corrected chi connectivity index (χ4v) is 3.81. The maximum Gasteiger partial charge on any atom is 0.413 e. The Morgan fingerprint density at radius 1 is 1.37 bits per heavy atom. The zero-order valence-electron chi connectivity index (χ0n) is 17.9. The number of nitrogens with zero attached hydrogens (tertiary/aromatic N) is 1. The molecular weight excluding hydrogens is 416 g/mol. The van der Waals surface area contributed by atoms with Crippen LogP contribution in [0.4, 0.5) is 9.59 Å². The van der Waals surface area contributed by atoms with Crippen molar-refractivity contribution in [1.82, 2.24) is 15.5 Å². The zero-order chi connectivity index (χ0) is 22.5. The molecule has 2 aliphatic rings. The van der Waals surface area contributed by atoms with Crippen LogP contribution >= 0.6 is 0 Å². The highest BCUT2D eigenvalue weighted by Crippen LogP contribution is 2.25. The highest BCUT2D eigenvalue weighted by Gasteiger charge is 2.40. The van der Waals surface area contributed by atoms with Gasteiger partial charge in [-0.1, -0.05) is 0 Å². The summed E-state index contributed by atoms with van der Waals surface area (Å²) in [5, 5.41) is 14.1. The first-order chi connectivity index (χ1) is 13.8. The van der Waals surface area contributed by atoms with Gasteiger partial charge in [0, 0.05) is 0 Å². The van der Waals surface area contributed by atoms with E-state index in [4.69, 9.17) is 19.1 Å². The van der Waals surface area contributed by atoms with Crippen LogP contribution in [-0.4, -0.2) is 81.6 Å². The Labute approximate surface area is 177 Å². The summed E-state index contributed by atoms with van der Waals surface area (Å²) in [5.74, 6) is 0.0978. The first-order valence-corrected chi connectivity index (χ1v) is 11.8. The molecule has 30 heavy (non-hydrogen) atoms. The highest BCUT2D eigenvalue weighted by atomic mass is 32.2. The second-order valence-corrected chi connectivity index (χ2v) is 10.3. The van der Waals surface area contributed by atoms with Crippen LogP contribution in [0, 0.1) is 11.3 Å². The van der Waals surface area contributed by atoms with Gasteiger partial charge in [-0.3, -0.25) is 19.8 Å². The topological polar surface area (TPSA) is 147 Å². The minimum atomic E-state index is -3.67. The van der Waals surface area contributed by atoms with Gasteiger partial charge >= 0.3 is 12.2 Å². The minimum Gasteiger partial charge on any atom is -0.444 e. The molecular formula is C18H32N4O7S. The molecule has 0 aromatic carbocycles. The van der Waals surface area contributed by atoms with Crippen molar-refractivity contribution in [1.29, 1.82) is 5.41 Å². The van der Waals surface area contributed by atoms with E-state index in [0.29, 0.717) is 6.42 Å². The second-order valence-electron chi connectivity index (χ2n) is 8.63. The summed E-state index contributed by atoms with van der Waals surface area (Å²) in [7, 11) is -3.67. The Balaban J connectivity index is 2.09. The summed E-state index contributed by atoms with van der Waals surface area (Å²) in [6.07, 6.45) is 0.947. The molecule has 0 saturated carbocycles. The third-order valence-corrected chi connectivity index (χ3v) is 5.29. The van der Waals surface area contributed by atoms with Crippen LogP contribution in [-0.2, 0) is 23.8 Å². The average Bonchev–Trinajstić information content (AvgIpc) is 2.97. The van der Waals surface area contributed by atoms with Gasteiger partial charge in [-0.2, -0.15) is 8.42 Å². The molecule has 2 unspecified atom stereocenters. The summed E-state index contributed by atoms with van der Waals surface area (Å²) in [6, 6.07) is -0.726. The van der Waals surface area contributed by atoms with E-state index in [9.17, 15) is 18.0 Å². The molecule has 12 heteroatoms. The standard InChI is InChI=1S/C18H32N4O7S/c1-18(2,3)29-16(23)21-15(19)14(9-12-5-7-20-8-6-12)22-10-13(28-17(22)24)11-27-30(4,25)26/h12-14,20H,5-11H2,1-4H3,(H2,19,21,23). The number of carbonyl (C=O) groups is 2. The molecule has 11 nitrogen and oxygen atoms in total. The molecule has 2 rings (SSSR count).